The highest BCUT2D eigenvalue weighted by Crippen LogP contribution is 2.46. The lowest BCUT2D eigenvalue weighted by Crippen LogP contribution is -2.63. The van der Waals surface area contributed by atoms with Crippen molar-refractivity contribution in [3.8, 4) is 34.3 Å². The minimum absolute atomic E-state index is 0.0201. The minimum atomic E-state index is -2.02. The van der Waals surface area contributed by atoms with Crippen LogP contribution in [-0.2, 0) is 23.7 Å². The molecule has 2 fully saturated rings. The van der Waals surface area contributed by atoms with Gasteiger partial charge in [-0.25, -0.2) is 4.79 Å². The molecule has 0 unspecified atom stereocenters. The summed E-state index contributed by atoms with van der Waals surface area (Å²) in [5.41, 5.74) is -0.663. The van der Waals surface area contributed by atoms with E-state index < -0.39 is 108 Å². The van der Waals surface area contributed by atoms with Crippen LogP contribution >= 0.6 is 0 Å². The number of phenolic OH excluding ortho intramolecular Hbond substituents is 4. The van der Waals surface area contributed by atoms with Crippen LogP contribution in [0, 0.1) is 0 Å². The molecule has 17 heteroatoms. The van der Waals surface area contributed by atoms with E-state index in [-0.39, 0.29) is 22.8 Å². The van der Waals surface area contributed by atoms with Gasteiger partial charge in [0.25, 0.3) is 0 Å². The number of aliphatic hydroxyl groups excluding tert-OH is 6. The molecule has 6 rings (SSSR count). The van der Waals surface area contributed by atoms with Gasteiger partial charge >= 0.3 is 5.97 Å². The van der Waals surface area contributed by atoms with E-state index in [9.17, 15) is 60.7 Å². The lowest BCUT2D eigenvalue weighted by molar-refractivity contribution is -0.342. The normalized spacial score (nSPS) is 29.0. The first-order valence-electron chi connectivity index (χ1n) is 16.2. The molecule has 4 aromatic rings. The van der Waals surface area contributed by atoms with Crippen LogP contribution in [0.25, 0.3) is 28.4 Å². The van der Waals surface area contributed by atoms with Crippen molar-refractivity contribution in [1.82, 2.24) is 0 Å². The van der Waals surface area contributed by atoms with Gasteiger partial charge in [0.15, 0.2) is 11.7 Å². The van der Waals surface area contributed by atoms with Gasteiger partial charge < -0.3 is 74.4 Å². The number of fused-ring (bicyclic) bond motifs is 1. The Labute approximate surface area is 299 Å². The Bertz CT molecular complexity index is 2010. The molecule has 3 heterocycles. The monoisotopic (exact) mass is 740 g/mol. The molecule has 10 N–H and O–H groups in total. The van der Waals surface area contributed by atoms with E-state index in [1.54, 1.807) is 0 Å². The molecule has 2 aliphatic rings. The maximum absolute atomic E-state index is 13.3. The molecular formula is C36H36O17. The molecule has 0 radical (unpaired) electrons. The third-order valence-corrected chi connectivity index (χ3v) is 8.97. The van der Waals surface area contributed by atoms with Crippen LogP contribution in [0.2, 0.25) is 0 Å². The van der Waals surface area contributed by atoms with Gasteiger partial charge in [0.1, 0.15) is 101 Å². The molecular weight excluding hydrogens is 704 g/mol. The molecule has 17 nitrogen and oxygen atoms in total. The van der Waals surface area contributed by atoms with Crippen molar-refractivity contribution in [2.45, 2.75) is 61.2 Å². The van der Waals surface area contributed by atoms with E-state index in [0.717, 1.165) is 18.2 Å². The smallest absolute Gasteiger partial charge is 0.330 e. The zero-order valence-electron chi connectivity index (χ0n) is 27.4. The second-order valence-electron chi connectivity index (χ2n) is 12.5. The van der Waals surface area contributed by atoms with Crippen LogP contribution in [-0.4, -0.2) is 125 Å². The molecule has 0 spiro atoms. The van der Waals surface area contributed by atoms with Crippen molar-refractivity contribution in [3.05, 3.63) is 88.1 Å². The van der Waals surface area contributed by atoms with Crippen LogP contribution in [0.1, 0.15) is 17.2 Å². The highest BCUT2D eigenvalue weighted by atomic mass is 16.7. The highest BCUT2D eigenvalue weighted by molar-refractivity contribution is 5.88. The quantitative estimate of drug-likeness (QED) is 0.0791. The van der Waals surface area contributed by atoms with Crippen LogP contribution in [0.15, 0.2) is 76.0 Å². The molecule has 0 saturated carbocycles. The first-order valence-corrected chi connectivity index (χ1v) is 16.2. The van der Waals surface area contributed by atoms with Gasteiger partial charge in [-0.2, -0.15) is 0 Å². The Morgan fingerprint density at radius 2 is 1.42 bits per heavy atom. The SMILES string of the molecule is O=C(C=Cc1ccc(O)cc1)OC[C@H]1O[C@@H](O[C@@H]2[C@@H](O)[C@H](O)[C@@H](CO)O[C@H]2c2c(O)cc3oc(-c4ccc(O)cc4)cc(=O)c3c2O)[C@H](O)[C@@H](O)[C@@H]1O. The Morgan fingerprint density at radius 3 is 2.08 bits per heavy atom. The summed E-state index contributed by atoms with van der Waals surface area (Å²) in [7, 11) is 0. The maximum Gasteiger partial charge on any atom is 0.330 e. The summed E-state index contributed by atoms with van der Waals surface area (Å²) < 4.78 is 28.1. The number of rotatable bonds is 9. The van der Waals surface area contributed by atoms with Crippen LogP contribution < -0.4 is 5.43 Å². The van der Waals surface area contributed by atoms with Crippen LogP contribution in [0.5, 0.6) is 23.0 Å². The molecule has 2 aliphatic heterocycles. The number of aromatic hydroxyl groups is 4. The first kappa shape index (κ1) is 37.7. The van der Waals surface area contributed by atoms with Gasteiger partial charge in [0.05, 0.1) is 12.2 Å². The highest BCUT2D eigenvalue weighted by Gasteiger charge is 2.52. The number of ether oxygens (including phenoxy) is 4. The van der Waals surface area contributed by atoms with Crippen molar-refractivity contribution < 1.29 is 79.2 Å². The molecule has 3 aromatic carbocycles. The van der Waals surface area contributed by atoms with E-state index in [1.165, 1.54) is 54.6 Å². The number of aliphatic hydroxyl groups is 6. The Kier molecular flexibility index (Phi) is 11.0. The lowest BCUT2D eigenvalue weighted by Gasteiger charge is -2.46. The zero-order valence-corrected chi connectivity index (χ0v) is 27.4. The van der Waals surface area contributed by atoms with Gasteiger partial charge in [-0.05, 0) is 48.0 Å². The molecule has 0 aliphatic carbocycles. The molecule has 2 saturated heterocycles. The Hall–Kier alpha value is -5.08. The Morgan fingerprint density at radius 1 is 0.774 bits per heavy atom. The summed E-state index contributed by atoms with van der Waals surface area (Å²) in [6.45, 7) is -1.53. The number of carbonyl (C=O) groups excluding carboxylic acids is 1. The summed E-state index contributed by atoms with van der Waals surface area (Å²) in [5, 5.41) is 105. The molecule has 0 bridgehead atoms. The molecule has 53 heavy (non-hydrogen) atoms. The first-order chi connectivity index (χ1) is 25.3. The van der Waals surface area contributed by atoms with Crippen molar-refractivity contribution in [3.63, 3.8) is 0 Å². The van der Waals surface area contributed by atoms with Crippen molar-refractivity contribution in [2.75, 3.05) is 13.2 Å². The zero-order chi connectivity index (χ0) is 38.1. The van der Waals surface area contributed by atoms with Crippen molar-refractivity contribution in [1.29, 1.82) is 0 Å². The standard InChI is InChI=1S/C36H36O17/c37-13-23-28(43)32(47)35(53-36-33(48)31(46)29(44)24(52-36)14-49-25(42)10-3-15-1-6-17(38)7-2-15)34(51-23)27-20(41)12-22-26(30(27)45)19(40)11-21(50-22)16-4-8-18(39)9-5-16/h1-12,23-24,28-29,31-39,41,43-48H,13-14H2/t23-,24-,28-,29-,31+,32+,33-,34+,35-,36+/m1/s1. The number of hydrogen-bond donors (Lipinski definition) is 10. The van der Waals surface area contributed by atoms with Crippen LogP contribution in [0.3, 0.4) is 0 Å². The summed E-state index contributed by atoms with van der Waals surface area (Å²) in [4.78, 5) is 25.7. The van der Waals surface area contributed by atoms with E-state index >= 15 is 0 Å². The van der Waals surface area contributed by atoms with Gasteiger partial charge in [-0.15, -0.1) is 0 Å². The minimum Gasteiger partial charge on any atom is -0.508 e. The summed E-state index contributed by atoms with van der Waals surface area (Å²) in [5.74, 6) is -2.50. The fourth-order valence-electron chi connectivity index (χ4n) is 6.11. The lowest BCUT2D eigenvalue weighted by atomic mass is 9.89. The fourth-order valence-corrected chi connectivity index (χ4v) is 6.11. The van der Waals surface area contributed by atoms with E-state index in [2.05, 4.69) is 0 Å². The third-order valence-electron chi connectivity index (χ3n) is 8.97. The number of benzene rings is 3. The second-order valence-corrected chi connectivity index (χ2v) is 12.5. The molecule has 10 atom stereocenters. The molecule has 282 valence electrons. The van der Waals surface area contributed by atoms with E-state index in [0.29, 0.717) is 11.1 Å². The largest absolute Gasteiger partial charge is 0.508 e. The summed E-state index contributed by atoms with van der Waals surface area (Å²) in [6, 6.07) is 13.6. The number of hydrogen-bond acceptors (Lipinski definition) is 17. The van der Waals surface area contributed by atoms with E-state index in [1.807, 2.05) is 0 Å². The van der Waals surface area contributed by atoms with Gasteiger partial charge in [-0.3, -0.25) is 4.79 Å². The van der Waals surface area contributed by atoms with Crippen molar-refractivity contribution >= 4 is 23.0 Å². The maximum atomic E-state index is 13.3. The third kappa shape index (κ3) is 7.70. The Balaban J connectivity index is 1.27. The topological polar surface area (TPSA) is 286 Å². The average Bonchev–Trinajstić information content (AvgIpc) is 3.13. The van der Waals surface area contributed by atoms with Crippen molar-refractivity contribution in [2.24, 2.45) is 0 Å². The predicted octanol–water partition coefficient (Wildman–Crippen LogP) is -0.114. The number of phenols is 4. The van der Waals surface area contributed by atoms with Crippen LogP contribution in [0.4, 0.5) is 0 Å². The fraction of sp³-hybridized carbons (Fsp3) is 0.333. The van der Waals surface area contributed by atoms with Gasteiger partial charge in [0, 0.05) is 23.8 Å². The van der Waals surface area contributed by atoms with Gasteiger partial charge in [0.2, 0.25) is 0 Å². The summed E-state index contributed by atoms with van der Waals surface area (Å²) >= 11 is 0. The van der Waals surface area contributed by atoms with E-state index in [4.69, 9.17) is 23.4 Å². The second kappa shape index (κ2) is 15.5. The summed E-state index contributed by atoms with van der Waals surface area (Å²) in [6.07, 6.45) is -15.8. The average molecular weight is 741 g/mol. The molecule has 0 amide bonds. The van der Waals surface area contributed by atoms with Gasteiger partial charge in [-0.1, -0.05) is 12.1 Å². The molecule has 1 aromatic heterocycles. The predicted molar refractivity (Wildman–Crippen MR) is 179 cm³/mol. The number of carbonyl (C=O) groups is 1. The number of esters is 1.